The SMILES string of the molecule is CCCCC(C)C(CCC(C)[SiH2]Oc1ccccn1)c1ccc2c(c1)OC(CCCCCCCCCC1CC1)O2. The maximum Gasteiger partial charge on any atom is 0.241 e. The van der Waals surface area contributed by atoms with E-state index in [1.165, 1.54) is 102 Å². The first kappa shape index (κ1) is 30.9. The fourth-order valence-electron chi connectivity index (χ4n) is 6.12. The Morgan fingerprint density at radius 1 is 0.850 bits per heavy atom. The zero-order chi connectivity index (χ0) is 28.0. The lowest BCUT2D eigenvalue weighted by Crippen LogP contribution is -2.17. The van der Waals surface area contributed by atoms with E-state index in [1.807, 2.05) is 24.4 Å². The van der Waals surface area contributed by atoms with Crippen molar-refractivity contribution in [2.45, 2.75) is 141 Å². The predicted molar refractivity (Wildman–Crippen MR) is 169 cm³/mol. The van der Waals surface area contributed by atoms with Crippen LogP contribution in [0.1, 0.15) is 135 Å². The summed E-state index contributed by atoms with van der Waals surface area (Å²) in [7, 11) is -0.668. The highest BCUT2D eigenvalue weighted by Crippen LogP contribution is 2.42. The first-order valence-corrected chi connectivity index (χ1v) is 18.0. The Bertz CT molecular complexity index is 966. The van der Waals surface area contributed by atoms with Crippen molar-refractivity contribution in [1.82, 2.24) is 4.98 Å². The van der Waals surface area contributed by atoms with E-state index in [1.54, 1.807) is 0 Å². The molecule has 2 heterocycles. The minimum absolute atomic E-state index is 0.116. The Labute approximate surface area is 246 Å². The summed E-state index contributed by atoms with van der Waals surface area (Å²) in [5.41, 5.74) is 2.02. The molecule has 2 aliphatic rings. The van der Waals surface area contributed by atoms with E-state index in [4.69, 9.17) is 13.9 Å². The molecule has 0 amide bonds. The Morgan fingerprint density at radius 3 is 2.33 bits per heavy atom. The molecule has 5 heteroatoms. The lowest BCUT2D eigenvalue weighted by molar-refractivity contribution is 0.0395. The second-order valence-corrected chi connectivity index (χ2v) is 14.8. The van der Waals surface area contributed by atoms with E-state index in [9.17, 15) is 0 Å². The van der Waals surface area contributed by atoms with Crippen LogP contribution in [-0.2, 0) is 0 Å². The van der Waals surface area contributed by atoms with Crippen molar-refractivity contribution in [1.29, 1.82) is 0 Å². The number of hydrogen-bond acceptors (Lipinski definition) is 4. The van der Waals surface area contributed by atoms with Crippen LogP contribution in [0.25, 0.3) is 0 Å². The second kappa shape index (κ2) is 17.1. The third kappa shape index (κ3) is 10.8. The molecule has 4 atom stereocenters. The summed E-state index contributed by atoms with van der Waals surface area (Å²) in [5.74, 6) is 4.93. The Hall–Kier alpha value is -2.01. The van der Waals surface area contributed by atoms with Crippen molar-refractivity contribution in [2.24, 2.45) is 11.8 Å². The van der Waals surface area contributed by atoms with Gasteiger partial charge in [0.25, 0.3) is 0 Å². The number of hydrogen-bond donors (Lipinski definition) is 0. The van der Waals surface area contributed by atoms with Crippen LogP contribution in [-0.4, -0.2) is 21.0 Å². The van der Waals surface area contributed by atoms with E-state index >= 15 is 0 Å². The minimum Gasteiger partial charge on any atom is -0.536 e. The van der Waals surface area contributed by atoms with Crippen molar-refractivity contribution in [3.8, 4) is 17.4 Å². The van der Waals surface area contributed by atoms with Gasteiger partial charge in [-0.25, -0.2) is 4.98 Å². The standard InChI is InChI=1S/C35H55NO3Si/c1-4-5-15-27(2)31(23-19-28(3)40-39-34-17-13-14-25-36-34)30-22-24-32-33(26-30)38-35(37-32)18-12-10-8-6-7-9-11-16-29-20-21-29/h13-14,17,22,24-29,31,35H,4-12,15-16,18-21,23,40H2,1-3H3. The molecule has 1 aliphatic heterocycles. The van der Waals surface area contributed by atoms with Crippen molar-refractivity contribution in [3.05, 3.63) is 48.2 Å². The highest BCUT2D eigenvalue weighted by molar-refractivity contribution is 6.30. The van der Waals surface area contributed by atoms with Gasteiger partial charge in [0.05, 0.1) is 0 Å². The van der Waals surface area contributed by atoms with E-state index < -0.39 is 9.76 Å². The molecule has 1 aliphatic carbocycles. The zero-order valence-electron chi connectivity index (χ0n) is 25.6. The molecule has 2 aromatic rings. The van der Waals surface area contributed by atoms with Crippen LogP contribution in [0.5, 0.6) is 17.4 Å². The van der Waals surface area contributed by atoms with Gasteiger partial charge in [0.2, 0.25) is 16.1 Å². The molecule has 0 bridgehead atoms. The Balaban J connectivity index is 1.20. The van der Waals surface area contributed by atoms with Gasteiger partial charge in [-0.05, 0) is 72.4 Å². The molecular formula is C35H55NO3Si. The highest BCUT2D eigenvalue weighted by atomic mass is 28.2. The summed E-state index contributed by atoms with van der Waals surface area (Å²) >= 11 is 0. The Kier molecular flexibility index (Phi) is 13.2. The summed E-state index contributed by atoms with van der Waals surface area (Å²) < 4.78 is 18.6. The molecular weight excluding hydrogens is 510 g/mol. The smallest absolute Gasteiger partial charge is 0.241 e. The van der Waals surface area contributed by atoms with Crippen molar-refractivity contribution in [3.63, 3.8) is 0 Å². The number of ether oxygens (including phenoxy) is 2. The molecule has 4 rings (SSSR count). The summed E-state index contributed by atoms with van der Waals surface area (Å²) in [5, 5.41) is 0. The van der Waals surface area contributed by atoms with Crippen LogP contribution in [0.4, 0.5) is 0 Å². The predicted octanol–water partition coefficient (Wildman–Crippen LogP) is 9.76. The summed E-state index contributed by atoms with van der Waals surface area (Å²) in [6, 6.07) is 12.6. The number of fused-ring (bicyclic) bond motifs is 1. The number of benzene rings is 1. The van der Waals surface area contributed by atoms with Crippen molar-refractivity contribution in [2.75, 3.05) is 0 Å². The topological polar surface area (TPSA) is 40.6 Å². The maximum atomic E-state index is 6.32. The first-order valence-electron chi connectivity index (χ1n) is 16.6. The average Bonchev–Trinajstić information content (AvgIpc) is 3.71. The third-order valence-electron chi connectivity index (χ3n) is 8.99. The zero-order valence-corrected chi connectivity index (χ0v) is 27.0. The van der Waals surface area contributed by atoms with Gasteiger partial charge in [0.1, 0.15) is 0 Å². The quantitative estimate of drug-likeness (QED) is 0.112. The van der Waals surface area contributed by atoms with Crippen molar-refractivity contribution >= 4 is 9.76 Å². The Morgan fingerprint density at radius 2 is 1.60 bits per heavy atom. The fraction of sp³-hybridized carbons (Fsp3) is 0.686. The molecule has 1 saturated carbocycles. The molecule has 1 fully saturated rings. The molecule has 4 nitrogen and oxygen atoms in total. The van der Waals surface area contributed by atoms with Crippen LogP contribution < -0.4 is 13.9 Å². The molecule has 1 aromatic carbocycles. The van der Waals surface area contributed by atoms with Gasteiger partial charge in [-0.3, -0.25) is 0 Å². The summed E-state index contributed by atoms with van der Waals surface area (Å²) in [6.07, 6.45) is 22.9. The first-order chi connectivity index (χ1) is 19.6. The second-order valence-electron chi connectivity index (χ2n) is 12.8. The number of nitrogens with zero attached hydrogens (tertiary/aromatic N) is 1. The van der Waals surface area contributed by atoms with Gasteiger partial charge in [-0.15, -0.1) is 0 Å². The lowest BCUT2D eigenvalue weighted by atomic mass is 9.81. The van der Waals surface area contributed by atoms with Gasteiger partial charge in [0.15, 0.2) is 17.4 Å². The van der Waals surface area contributed by atoms with Crippen LogP contribution >= 0.6 is 0 Å². The molecule has 1 aromatic heterocycles. The van der Waals surface area contributed by atoms with E-state index in [2.05, 4.69) is 44.0 Å². The van der Waals surface area contributed by atoms with E-state index in [0.29, 0.717) is 17.4 Å². The largest absolute Gasteiger partial charge is 0.536 e. The molecule has 0 radical (unpaired) electrons. The third-order valence-corrected chi connectivity index (χ3v) is 10.4. The maximum absolute atomic E-state index is 6.32. The minimum atomic E-state index is -0.668. The van der Waals surface area contributed by atoms with E-state index in [0.717, 1.165) is 29.7 Å². The van der Waals surface area contributed by atoms with Gasteiger partial charge < -0.3 is 13.9 Å². The molecule has 222 valence electrons. The van der Waals surface area contributed by atoms with Crippen molar-refractivity contribution < 1.29 is 13.9 Å². The fourth-order valence-corrected chi connectivity index (χ4v) is 7.15. The van der Waals surface area contributed by atoms with E-state index in [-0.39, 0.29) is 6.29 Å². The van der Waals surface area contributed by atoms with Crippen LogP contribution in [0.3, 0.4) is 0 Å². The normalized spacial score (nSPS) is 18.7. The number of unbranched alkanes of at least 4 members (excludes halogenated alkanes) is 7. The average molecular weight is 566 g/mol. The van der Waals surface area contributed by atoms with Gasteiger partial charge in [-0.2, -0.15) is 0 Å². The van der Waals surface area contributed by atoms with Crippen LogP contribution in [0, 0.1) is 11.8 Å². The molecule has 4 unspecified atom stereocenters. The molecule has 0 spiro atoms. The highest BCUT2D eigenvalue weighted by Gasteiger charge is 2.27. The van der Waals surface area contributed by atoms with Crippen LogP contribution in [0.2, 0.25) is 5.54 Å². The monoisotopic (exact) mass is 565 g/mol. The number of aromatic nitrogens is 1. The molecule has 0 N–H and O–H groups in total. The van der Waals surface area contributed by atoms with Gasteiger partial charge in [0, 0.05) is 12.6 Å². The molecule has 0 saturated heterocycles. The van der Waals surface area contributed by atoms with Gasteiger partial charge in [-0.1, -0.05) is 110 Å². The summed E-state index contributed by atoms with van der Waals surface area (Å²) in [4.78, 5) is 4.33. The molecule has 40 heavy (non-hydrogen) atoms. The van der Waals surface area contributed by atoms with Crippen LogP contribution in [0.15, 0.2) is 42.6 Å². The number of rotatable bonds is 21. The summed E-state index contributed by atoms with van der Waals surface area (Å²) in [6.45, 7) is 7.08. The lowest BCUT2D eigenvalue weighted by Gasteiger charge is -2.26. The number of pyridine rings is 1. The van der Waals surface area contributed by atoms with Gasteiger partial charge >= 0.3 is 0 Å².